The summed E-state index contributed by atoms with van der Waals surface area (Å²) >= 11 is 1.60. The molecule has 0 bridgehead atoms. The van der Waals surface area contributed by atoms with Crippen LogP contribution in [-0.4, -0.2) is 15.1 Å². The van der Waals surface area contributed by atoms with Crippen LogP contribution in [0.15, 0.2) is 12.1 Å². The second-order valence-electron chi connectivity index (χ2n) is 3.20. The minimum Gasteiger partial charge on any atom is -0.387 e. The normalized spacial score (nSPS) is 13.4. The Morgan fingerprint density at radius 1 is 1.43 bits per heavy atom. The van der Waals surface area contributed by atoms with Gasteiger partial charge in [0.2, 0.25) is 0 Å². The lowest BCUT2D eigenvalue weighted by molar-refractivity contribution is 0.195. The fourth-order valence-corrected chi connectivity index (χ4v) is 2.14. The van der Waals surface area contributed by atoms with Crippen molar-refractivity contribution in [2.75, 3.05) is 0 Å². The fraction of sp³-hybridized carbons (Fsp3) is 0.400. The summed E-state index contributed by atoms with van der Waals surface area (Å²) in [5, 5.41) is 10.5. The van der Waals surface area contributed by atoms with Crippen LogP contribution in [0, 0.1) is 0 Å². The van der Waals surface area contributed by atoms with Crippen molar-refractivity contribution >= 4 is 21.7 Å². The lowest BCUT2D eigenvalue weighted by atomic mass is 10.2. The van der Waals surface area contributed by atoms with Crippen molar-refractivity contribution in [3.8, 4) is 0 Å². The fourth-order valence-electron chi connectivity index (χ4n) is 1.26. The van der Waals surface area contributed by atoms with Crippen LogP contribution in [-0.2, 0) is 6.42 Å². The summed E-state index contributed by atoms with van der Waals surface area (Å²) in [5.41, 5.74) is 1.64. The molecule has 0 spiro atoms. The molecule has 2 rings (SSSR count). The highest BCUT2D eigenvalue weighted by atomic mass is 32.1. The minimum absolute atomic E-state index is 0.508. The Morgan fingerprint density at radius 3 is 2.86 bits per heavy atom. The van der Waals surface area contributed by atoms with Crippen LogP contribution in [0.2, 0.25) is 0 Å². The van der Waals surface area contributed by atoms with E-state index in [0.717, 1.165) is 21.8 Å². The quantitative estimate of drug-likeness (QED) is 0.823. The molecule has 0 amide bonds. The molecular formula is C10H12N2OS. The molecule has 1 atom stereocenters. The van der Waals surface area contributed by atoms with E-state index in [1.165, 1.54) is 0 Å². The molecule has 74 valence electrons. The number of aromatic nitrogens is 2. The molecule has 0 aromatic carbocycles. The van der Waals surface area contributed by atoms with E-state index in [2.05, 4.69) is 16.9 Å². The van der Waals surface area contributed by atoms with Crippen LogP contribution < -0.4 is 0 Å². The summed E-state index contributed by atoms with van der Waals surface area (Å²) in [5.74, 6) is 0. The molecule has 0 aliphatic heterocycles. The number of aryl methyl sites for hydroxylation is 1. The standard InChI is InChI=1S/C10H12N2OS/c1-3-9-11-8-5-4-7(6(2)13)12-10(8)14-9/h4-6,13H,3H2,1-2H3. The van der Waals surface area contributed by atoms with E-state index < -0.39 is 6.10 Å². The van der Waals surface area contributed by atoms with Gasteiger partial charge >= 0.3 is 0 Å². The number of hydrogen-bond acceptors (Lipinski definition) is 4. The van der Waals surface area contributed by atoms with Gasteiger partial charge in [0.25, 0.3) is 0 Å². The van der Waals surface area contributed by atoms with E-state index in [-0.39, 0.29) is 0 Å². The minimum atomic E-state index is -0.508. The summed E-state index contributed by atoms with van der Waals surface area (Å²) in [6.45, 7) is 3.79. The van der Waals surface area contributed by atoms with E-state index >= 15 is 0 Å². The van der Waals surface area contributed by atoms with Crippen molar-refractivity contribution in [2.24, 2.45) is 0 Å². The zero-order chi connectivity index (χ0) is 10.1. The zero-order valence-corrected chi connectivity index (χ0v) is 9.01. The molecule has 1 unspecified atom stereocenters. The average Bonchev–Trinajstić information content (AvgIpc) is 2.58. The number of aliphatic hydroxyl groups is 1. The van der Waals surface area contributed by atoms with Crippen molar-refractivity contribution < 1.29 is 5.11 Å². The first-order chi connectivity index (χ1) is 6.70. The van der Waals surface area contributed by atoms with Crippen molar-refractivity contribution in [2.45, 2.75) is 26.4 Å². The third kappa shape index (κ3) is 1.63. The van der Waals surface area contributed by atoms with Gasteiger partial charge in [0, 0.05) is 0 Å². The first kappa shape index (κ1) is 9.55. The number of nitrogens with zero attached hydrogens (tertiary/aromatic N) is 2. The first-order valence-electron chi connectivity index (χ1n) is 4.65. The second kappa shape index (κ2) is 3.63. The Hall–Kier alpha value is -1.00. The second-order valence-corrected chi connectivity index (χ2v) is 4.26. The SMILES string of the molecule is CCc1nc2ccc(C(C)O)nc2s1. The monoisotopic (exact) mass is 208 g/mol. The maximum absolute atomic E-state index is 9.37. The number of fused-ring (bicyclic) bond motifs is 1. The smallest absolute Gasteiger partial charge is 0.143 e. The highest BCUT2D eigenvalue weighted by Crippen LogP contribution is 2.22. The van der Waals surface area contributed by atoms with Crippen LogP contribution in [0.1, 0.15) is 30.7 Å². The number of hydrogen-bond donors (Lipinski definition) is 1. The molecule has 0 fully saturated rings. The molecule has 4 heteroatoms. The lowest BCUT2D eigenvalue weighted by Gasteiger charge is -2.01. The summed E-state index contributed by atoms with van der Waals surface area (Å²) in [6.07, 6.45) is 0.428. The Morgan fingerprint density at radius 2 is 2.21 bits per heavy atom. The number of rotatable bonds is 2. The van der Waals surface area contributed by atoms with Gasteiger partial charge in [0.1, 0.15) is 10.3 Å². The highest BCUT2D eigenvalue weighted by Gasteiger charge is 2.07. The lowest BCUT2D eigenvalue weighted by Crippen LogP contribution is -1.93. The van der Waals surface area contributed by atoms with Gasteiger partial charge in [-0.05, 0) is 25.5 Å². The molecule has 14 heavy (non-hydrogen) atoms. The van der Waals surface area contributed by atoms with Gasteiger partial charge in [-0.2, -0.15) is 0 Å². The van der Waals surface area contributed by atoms with E-state index in [1.54, 1.807) is 18.3 Å². The summed E-state index contributed by atoms with van der Waals surface area (Å²) in [4.78, 5) is 9.67. The maximum Gasteiger partial charge on any atom is 0.143 e. The van der Waals surface area contributed by atoms with Crippen LogP contribution >= 0.6 is 11.3 Å². The van der Waals surface area contributed by atoms with Crippen molar-refractivity contribution in [3.63, 3.8) is 0 Å². The van der Waals surface area contributed by atoms with E-state index in [9.17, 15) is 5.11 Å². The van der Waals surface area contributed by atoms with Gasteiger partial charge in [-0.25, -0.2) is 9.97 Å². The van der Waals surface area contributed by atoms with E-state index in [4.69, 9.17) is 0 Å². The van der Waals surface area contributed by atoms with Crippen LogP contribution in [0.25, 0.3) is 10.3 Å². The predicted octanol–water partition coefficient (Wildman–Crippen LogP) is 2.31. The maximum atomic E-state index is 9.37. The highest BCUT2D eigenvalue weighted by molar-refractivity contribution is 7.18. The topological polar surface area (TPSA) is 46.0 Å². The largest absolute Gasteiger partial charge is 0.387 e. The van der Waals surface area contributed by atoms with E-state index in [1.807, 2.05) is 12.1 Å². The molecular weight excluding hydrogens is 196 g/mol. The Kier molecular flexibility index (Phi) is 2.48. The molecule has 2 aromatic heterocycles. The van der Waals surface area contributed by atoms with Gasteiger partial charge in [-0.3, -0.25) is 0 Å². The predicted molar refractivity (Wildman–Crippen MR) is 57.4 cm³/mol. The molecule has 0 aliphatic carbocycles. The molecule has 1 N–H and O–H groups in total. The molecule has 2 heterocycles. The molecule has 0 saturated heterocycles. The first-order valence-corrected chi connectivity index (χ1v) is 5.46. The zero-order valence-electron chi connectivity index (χ0n) is 8.19. The number of aliphatic hydroxyl groups excluding tert-OH is 1. The van der Waals surface area contributed by atoms with Crippen LogP contribution in [0.5, 0.6) is 0 Å². The molecule has 3 nitrogen and oxygen atoms in total. The van der Waals surface area contributed by atoms with Crippen molar-refractivity contribution in [1.82, 2.24) is 9.97 Å². The van der Waals surface area contributed by atoms with Gasteiger partial charge in [0.05, 0.1) is 16.8 Å². The molecule has 0 aliphatic rings. The third-order valence-corrected chi connectivity index (χ3v) is 3.16. The average molecular weight is 208 g/mol. The Bertz CT molecular complexity index is 450. The molecule has 2 aromatic rings. The van der Waals surface area contributed by atoms with Crippen LogP contribution in [0.3, 0.4) is 0 Å². The number of thiazole rings is 1. The molecule has 0 radical (unpaired) electrons. The number of pyridine rings is 1. The van der Waals surface area contributed by atoms with Crippen molar-refractivity contribution in [3.05, 3.63) is 22.8 Å². The Balaban J connectivity index is 2.54. The third-order valence-electron chi connectivity index (χ3n) is 2.05. The summed E-state index contributed by atoms with van der Waals surface area (Å²) < 4.78 is 0. The van der Waals surface area contributed by atoms with Gasteiger partial charge in [0.15, 0.2) is 0 Å². The van der Waals surface area contributed by atoms with E-state index in [0.29, 0.717) is 5.69 Å². The van der Waals surface area contributed by atoms with Crippen LogP contribution in [0.4, 0.5) is 0 Å². The van der Waals surface area contributed by atoms with Gasteiger partial charge in [-0.15, -0.1) is 0 Å². The summed E-state index contributed by atoms with van der Waals surface area (Å²) in [6, 6.07) is 3.74. The summed E-state index contributed by atoms with van der Waals surface area (Å²) in [7, 11) is 0. The van der Waals surface area contributed by atoms with Crippen molar-refractivity contribution in [1.29, 1.82) is 0 Å². The Labute approximate surface area is 86.4 Å². The van der Waals surface area contributed by atoms with Gasteiger partial charge < -0.3 is 5.11 Å². The van der Waals surface area contributed by atoms with Gasteiger partial charge in [-0.1, -0.05) is 18.3 Å². The molecule has 0 saturated carbocycles.